The Morgan fingerprint density at radius 3 is 2.46 bits per heavy atom. The van der Waals surface area contributed by atoms with Gasteiger partial charge in [0.25, 0.3) is 0 Å². The van der Waals surface area contributed by atoms with E-state index in [1.807, 2.05) is 51.5 Å². The quantitative estimate of drug-likeness (QED) is 0.643. The van der Waals surface area contributed by atoms with E-state index >= 15 is 0 Å². The Labute approximate surface area is 155 Å². The first-order chi connectivity index (χ1) is 12.5. The van der Waals surface area contributed by atoms with Crippen molar-refractivity contribution in [3.63, 3.8) is 0 Å². The molecule has 0 saturated carbocycles. The first kappa shape index (κ1) is 18.2. The number of fused-ring (bicyclic) bond motifs is 1. The summed E-state index contributed by atoms with van der Waals surface area (Å²) in [6.07, 6.45) is 1.85. The number of anilines is 1. The van der Waals surface area contributed by atoms with Gasteiger partial charge in [0.05, 0.1) is 6.54 Å². The lowest BCUT2D eigenvalue weighted by Crippen LogP contribution is -3.14. The number of likely N-dealkylation sites (N-methyl/N-ethyl adjacent to an activating group) is 1. The number of hydrogen-bond donors (Lipinski definition) is 2. The number of rotatable bonds is 7. The van der Waals surface area contributed by atoms with Gasteiger partial charge in [0.2, 0.25) is 5.78 Å². The van der Waals surface area contributed by atoms with Crippen LogP contribution in [-0.2, 0) is 6.54 Å². The number of nitrogens with one attached hydrogen (secondary N) is 2. The summed E-state index contributed by atoms with van der Waals surface area (Å²) in [7, 11) is 4.08. The van der Waals surface area contributed by atoms with Crippen LogP contribution in [0.4, 0.5) is 5.69 Å². The summed E-state index contributed by atoms with van der Waals surface area (Å²) in [4.78, 5) is 19.7. The van der Waals surface area contributed by atoms with Crippen molar-refractivity contribution >= 4 is 22.4 Å². The molecule has 0 aliphatic carbocycles. The van der Waals surface area contributed by atoms with Crippen LogP contribution in [0, 0.1) is 0 Å². The zero-order valence-corrected chi connectivity index (χ0v) is 16.0. The van der Waals surface area contributed by atoms with E-state index in [-0.39, 0.29) is 11.8 Å². The molecule has 0 aliphatic rings. The molecule has 136 valence electrons. The van der Waals surface area contributed by atoms with Gasteiger partial charge in [-0.05, 0) is 32.0 Å². The van der Waals surface area contributed by atoms with Gasteiger partial charge in [-0.25, -0.2) is 0 Å². The first-order valence-corrected chi connectivity index (χ1v) is 9.22. The summed E-state index contributed by atoms with van der Waals surface area (Å²) in [6, 6.07) is 16.5. The molecule has 0 saturated heterocycles. The molecule has 1 heterocycles. The summed E-state index contributed by atoms with van der Waals surface area (Å²) in [5.41, 5.74) is 4.25. The third-order valence-electron chi connectivity index (χ3n) is 5.20. The second-order valence-electron chi connectivity index (χ2n) is 7.08. The largest absolute Gasteiger partial charge is 0.378 e. The maximum absolute atomic E-state index is 13.1. The first-order valence-electron chi connectivity index (χ1n) is 9.22. The Bertz CT molecular complexity index is 880. The normalized spacial score (nSPS) is 13.5. The van der Waals surface area contributed by atoms with Crippen molar-refractivity contribution in [2.45, 2.75) is 26.4 Å². The minimum Gasteiger partial charge on any atom is -0.378 e. The molecule has 0 aliphatic heterocycles. The molecule has 2 N–H and O–H groups in total. The number of hydrogen-bond acceptors (Lipinski definition) is 2. The number of quaternary nitrogens is 1. The van der Waals surface area contributed by atoms with Gasteiger partial charge >= 0.3 is 0 Å². The van der Waals surface area contributed by atoms with E-state index in [4.69, 9.17) is 0 Å². The summed E-state index contributed by atoms with van der Waals surface area (Å²) >= 11 is 0. The van der Waals surface area contributed by atoms with Crippen molar-refractivity contribution in [2.75, 3.05) is 25.5 Å². The Morgan fingerprint density at radius 1 is 1.12 bits per heavy atom. The van der Waals surface area contributed by atoms with Crippen molar-refractivity contribution in [3.05, 3.63) is 65.9 Å². The number of carbonyl (C=O) groups excluding carboxylic acids is 1. The molecule has 2 atom stereocenters. The molecule has 26 heavy (non-hydrogen) atoms. The van der Waals surface area contributed by atoms with Crippen LogP contribution in [0.25, 0.3) is 10.9 Å². The van der Waals surface area contributed by atoms with Gasteiger partial charge < -0.3 is 14.8 Å². The fourth-order valence-corrected chi connectivity index (χ4v) is 3.45. The molecular weight excluding hydrogens is 322 g/mol. The molecule has 0 radical (unpaired) electrons. The number of aromatic nitrogens is 1. The maximum atomic E-state index is 13.1. The van der Waals surface area contributed by atoms with E-state index in [2.05, 4.69) is 41.1 Å². The number of H-pyrrole nitrogens is 1. The Kier molecular flexibility index (Phi) is 5.43. The van der Waals surface area contributed by atoms with Crippen molar-refractivity contribution in [2.24, 2.45) is 0 Å². The highest BCUT2D eigenvalue weighted by atomic mass is 16.1. The summed E-state index contributed by atoms with van der Waals surface area (Å²) in [5, 5.41) is 1.01. The standard InChI is InChI=1S/C22H27N3O/c1-5-25(15-17-10-12-18(13-11-17)24(3)4)16(2)22(26)20-14-23-21-9-7-6-8-19(20)21/h6-14,16,23H,5,15H2,1-4H3/p+1/t16-/m1/s1. The van der Waals surface area contributed by atoms with Gasteiger partial charge in [-0.15, -0.1) is 0 Å². The van der Waals surface area contributed by atoms with Gasteiger partial charge in [0.1, 0.15) is 12.6 Å². The van der Waals surface area contributed by atoms with Crippen LogP contribution in [-0.4, -0.2) is 37.4 Å². The minimum absolute atomic E-state index is 0.0901. The highest BCUT2D eigenvalue weighted by molar-refractivity contribution is 6.09. The predicted octanol–water partition coefficient (Wildman–Crippen LogP) is 2.91. The van der Waals surface area contributed by atoms with Crippen LogP contribution in [0.3, 0.4) is 0 Å². The van der Waals surface area contributed by atoms with Crippen molar-refractivity contribution in [1.29, 1.82) is 0 Å². The molecule has 0 fully saturated rings. The average Bonchev–Trinajstić information content (AvgIpc) is 3.09. The van der Waals surface area contributed by atoms with Gasteiger partial charge in [-0.2, -0.15) is 0 Å². The molecule has 3 aromatic rings. The topological polar surface area (TPSA) is 40.5 Å². The Morgan fingerprint density at radius 2 is 1.81 bits per heavy atom. The smallest absolute Gasteiger partial charge is 0.221 e. The molecule has 1 aromatic heterocycles. The molecule has 4 heteroatoms. The molecule has 1 unspecified atom stereocenters. The highest BCUT2D eigenvalue weighted by Gasteiger charge is 2.27. The van der Waals surface area contributed by atoms with Crippen molar-refractivity contribution in [3.8, 4) is 0 Å². The van der Waals surface area contributed by atoms with Gasteiger partial charge in [-0.3, -0.25) is 4.79 Å². The van der Waals surface area contributed by atoms with Crippen LogP contribution in [0.1, 0.15) is 29.8 Å². The van der Waals surface area contributed by atoms with E-state index in [1.54, 1.807) is 0 Å². The molecule has 3 rings (SSSR count). The second-order valence-corrected chi connectivity index (χ2v) is 7.08. The molecule has 0 bridgehead atoms. The molecule has 0 amide bonds. The lowest BCUT2D eigenvalue weighted by atomic mass is 10.0. The van der Waals surface area contributed by atoms with E-state index in [0.717, 1.165) is 29.6 Å². The second kappa shape index (κ2) is 7.75. The number of Topliss-reactive ketones (excluding diaryl/α,β-unsaturated/α-hetero) is 1. The maximum Gasteiger partial charge on any atom is 0.221 e. The summed E-state index contributed by atoms with van der Waals surface area (Å²) in [6.45, 7) is 5.93. The number of para-hydroxylation sites is 1. The summed E-state index contributed by atoms with van der Waals surface area (Å²) in [5.74, 6) is 0.198. The summed E-state index contributed by atoms with van der Waals surface area (Å²) < 4.78 is 0. The van der Waals surface area contributed by atoms with Crippen LogP contribution < -0.4 is 9.80 Å². The Hall–Kier alpha value is -2.59. The zero-order chi connectivity index (χ0) is 18.7. The van der Waals surface area contributed by atoms with E-state index in [9.17, 15) is 4.79 Å². The van der Waals surface area contributed by atoms with E-state index in [1.165, 1.54) is 16.2 Å². The number of benzene rings is 2. The van der Waals surface area contributed by atoms with Crippen LogP contribution in [0.2, 0.25) is 0 Å². The predicted molar refractivity (Wildman–Crippen MR) is 108 cm³/mol. The van der Waals surface area contributed by atoms with Gasteiger partial charge in [-0.1, -0.05) is 30.3 Å². The van der Waals surface area contributed by atoms with Crippen LogP contribution >= 0.6 is 0 Å². The monoisotopic (exact) mass is 350 g/mol. The highest BCUT2D eigenvalue weighted by Crippen LogP contribution is 2.19. The van der Waals surface area contributed by atoms with Crippen LogP contribution in [0.5, 0.6) is 0 Å². The van der Waals surface area contributed by atoms with E-state index in [0.29, 0.717) is 0 Å². The number of aromatic amines is 1. The van der Waals surface area contributed by atoms with Crippen molar-refractivity contribution in [1.82, 2.24) is 4.98 Å². The average molecular weight is 350 g/mol. The Balaban J connectivity index is 1.77. The SMILES string of the molecule is CC[NH+](Cc1ccc(N(C)C)cc1)[C@H](C)C(=O)c1c[nH]c2ccccc12. The number of nitrogens with zero attached hydrogens (tertiary/aromatic N) is 1. The van der Waals surface area contributed by atoms with E-state index < -0.39 is 0 Å². The lowest BCUT2D eigenvalue weighted by Gasteiger charge is -2.24. The fourth-order valence-electron chi connectivity index (χ4n) is 3.45. The minimum atomic E-state index is -0.0901. The van der Waals surface area contributed by atoms with Crippen molar-refractivity contribution < 1.29 is 9.69 Å². The number of carbonyl (C=O) groups is 1. The third kappa shape index (κ3) is 3.65. The number of ketones is 1. The lowest BCUT2D eigenvalue weighted by molar-refractivity contribution is -0.925. The zero-order valence-electron chi connectivity index (χ0n) is 16.0. The fraction of sp³-hybridized carbons (Fsp3) is 0.318. The van der Waals surface area contributed by atoms with Crippen LogP contribution in [0.15, 0.2) is 54.7 Å². The molecule has 0 spiro atoms. The molecular formula is C22H28N3O+. The molecule has 4 nitrogen and oxygen atoms in total. The van der Waals surface area contributed by atoms with Gasteiger partial charge in [0.15, 0.2) is 0 Å². The third-order valence-corrected chi connectivity index (χ3v) is 5.20. The van der Waals surface area contributed by atoms with Gasteiger partial charge in [0, 0.05) is 48.0 Å². The molecule has 2 aromatic carbocycles.